The summed E-state index contributed by atoms with van der Waals surface area (Å²) in [6.45, 7) is -1.56. The van der Waals surface area contributed by atoms with Gasteiger partial charge in [-0.2, -0.15) is 0 Å². The summed E-state index contributed by atoms with van der Waals surface area (Å²) < 4.78 is 46.3. The average Bonchev–Trinajstić information content (AvgIpc) is 3.26. The lowest BCUT2D eigenvalue weighted by Gasteiger charge is -2.20. The third-order valence-electron chi connectivity index (χ3n) is 4.76. The number of fused-ring (bicyclic) bond motifs is 1. The first kappa shape index (κ1) is 10.3. The number of likely N-dealkylation sites (N-methyl/N-ethyl adjacent to an activating group) is 1. The highest BCUT2D eigenvalue weighted by Crippen LogP contribution is 2.34. The number of likely N-dealkylation sites (tertiary alicyclic amines) is 1. The van der Waals surface area contributed by atoms with E-state index in [4.69, 9.17) is 8.22 Å². The van der Waals surface area contributed by atoms with E-state index in [1.807, 2.05) is 24.3 Å². The molecule has 1 aliphatic rings. The van der Waals surface area contributed by atoms with Crippen molar-refractivity contribution in [3.05, 3.63) is 48.3 Å². The first-order valence-corrected chi connectivity index (χ1v) is 8.94. The molecule has 3 nitrogen and oxygen atoms in total. The molecule has 0 saturated carbocycles. The minimum Gasteiger partial charge on any atom is -0.354 e. The second-order valence-corrected chi connectivity index (χ2v) is 6.90. The Bertz CT molecular complexity index is 1030. The Kier molecular flexibility index (Phi) is 2.83. The summed E-state index contributed by atoms with van der Waals surface area (Å²) in [5, 5.41) is 0.931. The number of H-pyrrole nitrogens is 1. The van der Waals surface area contributed by atoms with E-state index in [9.17, 15) is 0 Å². The lowest BCUT2D eigenvalue weighted by atomic mass is 9.98. The average molecular weight is 344 g/mol. The van der Waals surface area contributed by atoms with Crippen LogP contribution >= 0.6 is 11.8 Å². The number of hydrogen-bond donors (Lipinski definition) is 1. The fourth-order valence-electron chi connectivity index (χ4n) is 3.54. The molecule has 2 aromatic heterocycles. The van der Waals surface area contributed by atoms with Crippen molar-refractivity contribution in [2.45, 2.75) is 30.2 Å². The minimum atomic E-state index is -2.13. The number of pyridine rings is 1. The topological polar surface area (TPSA) is 31.9 Å². The van der Waals surface area contributed by atoms with Crippen LogP contribution in [0, 0.1) is 0 Å². The molecule has 1 atom stereocenters. The van der Waals surface area contributed by atoms with Gasteiger partial charge in [-0.1, -0.05) is 0 Å². The molecule has 0 spiro atoms. The van der Waals surface area contributed by atoms with E-state index >= 15 is 0 Å². The van der Waals surface area contributed by atoms with Crippen LogP contribution in [0.5, 0.6) is 0 Å². The monoisotopic (exact) mass is 343 g/mol. The van der Waals surface area contributed by atoms with Gasteiger partial charge in [-0.05, 0) is 74.9 Å². The molecule has 4 heteroatoms. The zero-order valence-electron chi connectivity index (χ0n) is 19.2. The third-order valence-corrected chi connectivity index (χ3v) is 5.25. The third kappa shape index (κ3) is 2.85. The van der Waals surface area contributed by atoms with Gasteiger partial charge in [0.2, 0.25) is 0 Å². The van der Waals surface area contributed by atoms with Gasteiger partial charge in [-0.25, -0.2) is 0 Å². The Labute approximate surface area is 155 Å². The highest BCUT2D eigenvalue weighted by molar-refractivity contribution is 7.98. The quantitative estimate of drug-likeness (QED) is 0.703. The normalized spacial score (nSPS) is 23.2. The largest absolute Gasteiger partial charge is 0.354 e. The van der Waals surface area contributed by atoms with Gasteiger partial charge in [-0.3, -0.25) is 4.98 Å². The minimum absolute atomic E-state index is 0.0918. The van der Waals surface area contributed by atoms with Crippen molar-refractivity contribution in [3.8, 4) is 11.3 Å². The van der Waals surface area contributed by atoms with Crippen molar-refractivity contribution in [3.63, 3.8) is 0 Å². The molecule has 1 N–H and O–H groups in total. The first-order chi connectivity index (χ1) is 14.1. The molecule has 24 heavy (non-hydrogen) atoms. The molecule has 1 saturated heterocycles. The van der Waals surface area contributed by atoms with E-state index in [0.29, 0.717) is 17.9 Å². The number of thioether (sulfide) groups is 1. The van der Waals surface area contributed by atoms with E-state index in [2.05, 4.69) is 9.97 Å². The first-order valence-electron chi connectivity index (χ1n) is 11.1. The maximum absolute atomic E-state index is 7.88. The van der Waals surface area contributed by atoms with Gasteiger partial charge in [0.1, 0.15) is 0 Å². The van der Waals surface area contributed by atoms with Crippen LogP contribution in [0.15, 0.2) is 47.6 Å². The number of nitrogens with one attached hydrogen (secondary N) is 1. The van der Waals surface area contributed by atoms with Crippen LogP contribution in [0.25, 0.3) is 22.2 Å². The molecule has 1 fully saturated rings. The maximum atomic E-state index is 7.88. The molecule has 0 amide bonds. The van der Waals surface area contributed by atoms with Crippen molar-refractivity contribution < 1.29 is 8.22 Å². The SMILES string of the molecule is [2H]C([2H])([2H])Sc1ccc2[nH]c(-c3cccnc3)c(C[C@H]3CCCN3C([2H])([2H])[2H])c2c1. The van der Waals surface area contributed by atoms with Gasteiger partial charge in [0.25, 0.3) is 0 Å². The van der Waals surface area contributed by atoms with E-state index in [-0.39, 0.29) is 6.04 Å². The summed E-state index contributed by atoms with van der Waals surface area (Å²) in [5.74, 6) is 0. The zero-order chi connectivity index (χ0) is 21.5. The van der Waals surface area contributed by atoms with Crippen LogP contribution in [-0.2, 0) is 6.42 Å². The maximum Gasteiger partial charge on any atom is 0.0513 e. The molecule has 124 valence electrons. The Morgan fingerprint density at radius 2 is 2.42 bits per heavy atom. The number of nitrogens with zero attached hydrogens (tertiary/aromatic N) is 2. The standard InChI is InChI=1S/C20H23N3S/c1-23-10-4-6-15(23)11-18-17-12-16(24-2)7-8-19(17)22-20(18)14-5-3-9-21-13-14/h3,5,7-9,12-13,15,22H,4,6,10-11H2,1-2H3/t15-/m1/s1/i1D3,2D3. The highest BCUT2D eigenvalue weighted by atomic mass is 32.2. The molecular weight excluding hydrogens is 314 g/mol. The molecular formula is C20H23N3S. The predicted octanol–water partition coefficient (Wildman–Crippen LogP) is 4.59. The summed E-state index contributed by atoms with van der Waals surface area (Å²) in [7, 11) is 0. The fourth-order valence-corrected chi connectivity index (χ4v) is 3.86. The number of hydrogen-bond acceptors (Lipinski definition) is 3. The van der Waals surface area contributed by atoms with Crippen LogP contribution in [0.3, 0.4) is 0 Å². The Morgan fingerprint density at radius 3 is 3.25 bits per heavy atom. The van der Waals surface area contributed by atoms with Crippen molar-refractivity contribution in [2.24, 2.45) is 0 Å². The van der Waals surface area contributed by atoms with Crippen LogP contribution in [-0.4, -0.2) is 40.6 Å². The van der Waals surface area contributed by atoms with E-state index in [1.165, 1.54) is 0 Å². The van der Waals surface area contributed by atoms with Gasteiger partial charge >= 0.3 is 0 Å². The van der Waals surface area contributed by atoms with Crippen LogP contribution < -0.4 is 0 Å². The van der Waals surface area contributed by atoms with Crippen LogP contribution in [0.1, 0.15) is 26.6 Å². The van der Waals surface area contributed by atoms with Crippen LogP contribution in [0.4, 0.5) is 0 Å². The van der Waals surface area contributed by atoms with Gasteiger partial charge in [0.15, 0.2) is 0 Å². The smallest absolute Gasteiger partial charge is 0.0513 e. The van der Waals surface area contributed by atoms with E-state index in [1.54, 1.807) is 23.4 Å². The molecule has 3 heterocycles. The molecule has 0 aliphatic carbocycles. The van der Waals surface area contributed by atoms with Crippen LogP contribution in [0.2, 0.25) is 0 Å². The van der Waals surface area contributed by atoms with Gasteiger partial charge < -0.3 is 9.88 Å². The predicted molar refractivity (Wildman–Crippen MR) is 103 cm³/mol. The lowest BCUT2D eigenvalue weighted by Crippen LogP contribution is -2.26. The number of aromatic amines is 1. The summed E-state index contributed by atoms with van der Waals surface area (Å²) >= 11 is 0.850. The summed E-state index contributed by atoms with van der Waals surface area (Å²) in [4.78, 5) is 9.95. The zero-order valence-corrected chi connectivity index (χ0v) is 14.1. The van der Waals surface area contributed by atoms with E-state index < -0.39 is 13.2 Å². The number of aromatic nitrogens is 2. The fraction of sp³-hybridized carbons (Fsp3) is 0.350. The Hall–Kier alpha value is -1.78. The second-order valence-electron chi connectivity index (χ2n) is 6.22. The van der Waals surface area contributed by atoms with Gasteiger partial charge in [-0.15, -0.1) is 11.8 Å². The molecule has 0 bridgehead atoms. The molecule has 0 unspecified atom stereocenters. The molecule has 1 aromatic carbocycles. The number of rotatable bonds is 4. The molecule has 3 aromatic rings. The van der Waals surface area contributed by atoms with Crippen molar-refractivity contribution in [2.75, 3.05) is 19.7 Å². The molecule has 0 radical (unpaired) electrons. The number of benzene rings is 1. The summed E-state index contributed by atoms with van der Waals surface area (Å²) in [5.41, 5.74) is 3.74. The van der Waals surface area contributed by atoms with E-state index in [0.717, 1.165) is 52.3 Å². The van der Waals surface area contributed by atoms with Crippen molar-refractivity contribution >= 4 is 22.7 Å². The highest BCUT2D eigenvalue weighted by Gasteiger charge is 2.24. The van der Waals surface area contributed by atoms with Crippen molar-refractivity contribution in [1.82, 2.24) is 14.9 Å². The Morgan fingerprint density at radius 1 is 1.42 bits per heavy atom. The molecule has 1 aliphatic heterocycles. The van der Waals surface area contributed by atoms with Gasteiger partial charge in [0.05, 0.1) is 5.69 Å². The molecule has 4 rings (SSSR count). The Balaban J connectivity index is 1.80. The summed E-state index contributed by atoms with van der Waals surface area (Å²) in [6, 6.07) is 9.33. The lowest BCUT2D eigenvalue weighted by molar-refractivity contribution is 0.310. The van der Waals surface area contributed by atoms with Gasteiger partial charge in [0, 0.05) is 48.0 Å². The van der Waals surface area contributed by atoms with Crippen molar-refractivity contribution in [1.29, 1.82) is 0 Å². The second kappa shape index (κ2) is 6.61. The summed E-state index contributed by atoms with van der Waals surface area (Å²) in [6.07, 6.45) is 3.62.